The normalized spacial score (nSPS) is 25.0. The lowest BCUT2D eigenvalue weighted by Gasteiger charge is -2.48. The van der Waals surface area contributed by atoms with Crippen LogP contribution in [0.2, 0.25) is 0 Å². The standard InChI is InChI=1S/C16H32N2O2S/c1-17-15(9-8-14-21(2,19)20)16(10-4-5-11-16)18-12-6-3-7-13-18/h15,17H,3-14H2,1-2H3. The van der Waals surface area contributed by atoms with Gasteiger partial charge in [0.2, 0.25) is 0 Å². The van der Waals surface area contributed by atoms with E-state index in [9.17, 15) is 8.42 Å². The van der Waals surface area contributed by atoms with Crippen molar-refractivity contribution in [2.75, 3.05) is 32.1 Å². The second kappa shape index (κ2) is 7.42. The van der Waals surface area contributed by atoms with E-state index in [1.54, 1.807) is 0 Å². The number of nitrogens with zero attached hydrogens (tertiary/aromatic N) is 1. The molecule has 1 aliphatic carbocycles. The largest absolute Gasteiger partial charge is 0.315 e. The third-order valence-electron chi connectivity index (χ3n) is 5.46. The van der Waals surface area contributed by atoms with Gasteiger partial charge >= 0.3 is 0 Å². The molecule has 21 heavy (non-hydrogen) atoms. The van der Waals surface area contributed by atoms with Crippen molar-refractivity contribution in [3.63, 3.8) is 0 Å². The minimum absolute atomic E-state index is 0.284. The summed E-state index contributed by atoms with van der Waals surface area (Å²) in [6.45, 7) is 2.45. The van der Waals surface area contributed by atoms with Gasteiger partial charge in [-0.2, -0.15) is 0 Å². The first-order valence-corrected chi connectivity index (χ1v) is 10.6. The molecule has 5 heteroatoms. The molecule has 1 atom stereocenters. The van der Waals surface area contributed by atoms with Crippen LogP contribution in [0.15, 0.2) is 0 Å². The van der Waals surface area contributed by atoms with Crippen molar-refractivity contribution in [2.24, 2.45) is 0 Å². The fraction of sp³-hybridized carbons (Fsp3) is 1.00. The Hall–Kier alpha value is -0.130. The molecule has 0 aromatic heterocycles. The van der Waals surface area contributed by atoms with Gasteiger partial charge in [0.15, 0.2) is 0 Å². The maximum Gasteiger partial charge on any atom is 0.147 e. The fourth-order valence-corrected chi connectivity index (χ4v) is 5.13. The maximum atomic E-state index is 11.4. The molecular weight excluding hydrogens is 284 g/mol. The minimum atomic E-state index is -2.84. The number of hydrogen-bond donors (Lipinski definition) is 1. The van der Waals surface area contributed by atoms with Crippen LogP contribution in [-0.4, -0.2) is 57.0 Å². The molecule has 0 aromatic rings. The van der Waals surface area contributed by atoms with Gasteiger partial charge in [-0.05, 0) is 58.7 Å². The zero-order valence-corrected chi connectivity index (χ0v) is 14.6. The van der Waals surface area contributed by atoms with Crippen LogP contribution in [0.5, 0.6) is 0 Å². The first kappa shape index (κ1) is 17.2. The van der Waals surface area contributed by atoms with E-state index in [4.69, 9.17) is 0 Å². The molecule has 2 aliphatic rings. The topological polar surface area (TPSA) is 49.4 Å². The maximum absolute atomic E-state index is 11.4. The Kier molecular flexibility index (Phi) is 6.09. The molecule has 0 amide bonds. The first-order valence-electron chi connectivity index (χ1n) is 8.58. The van der Waals surface area contributed by atoms with E-state index in [-0.39, 0.29) is 5.54 Å². The molecule has 0 aromatic carbocycles. The smallest absolute Gasteiger partial charge is 0.147 e. The number of piperidine rings is 1. The molecule has 2 rings (SSSR count). The third kappa shape index (κ3) is 4.42. The van der Waals surface area contributed by atoms with E-state index in [2.05, 4.69) is 17.3 Å². The summed E-state index contributed by atoms with van der Waals surface area (Å²) in [4.78, 5) is 2.73. The fourth-order valence-electron chi connectivity index (χ4n) is 4.44. The highest BCUT2D eigenvalue weighted by Crippen LogP contribution is 2.40. The molecule has 2 fully saturated rings. The van der Waals surface area contributed by atoms with Crippen molar-refractivity contribution in [3.8, 4) is 0 Å². The average molecular weight is 317 g/mol. The molecule has 1 unspecified atom stereocenters. The zero-order chi connectivity index (χ0) is 15.3. The van der Waals surface area contributed by atoms with Crippen molar-refractivity contribution in [1.29, 1.82) is 0 Å². The quantitative estimate of drug-likeness (QED) is 0.782. The highest BCUT2D eigenvalue weighted by molar-refractivity contribution is 7.90. The lowest BCUT2D eigenvalue weighted by Crippen LogP contribution is -2.60. The molecule has 0 bridgehead atoms. The SMILES string of the molecule is CNC(CCCS(C)(=O)=O)C1(N2CCCCC2)CCCC1. The summed E-state index contributed by atoms with van der Waals surface area (Å²) in [5.41, 5.74) is 0.284. The number of nitrogens with one attached hydrogen (secondary N) is 1. The molecule has 0 spiro atoms. The molecule has 0 radical (unpaired) electrons. The van der Waals surface area contributed by atoms with Gasteiger partial charge in [0.25, 0.3) is 0 Å². The molecule has 1 saturated carbocycles. The number of likely N-dealkylation sites (tertiary alicyclic amines) is 1. The van der Waals surface area contributed by atoms with Crippen molar-refractivity contribution in [3.05, 3.63) is 0 Å². The lowest BCUT2D eigenvalue weighted by atomic mass is 9.82. The van der Waals surface area contributed by atoms with E-state index in [0.29, 0.717) is 11.8 Å². The summed E-state index contributed by atoms with van der Waals surface area (Å²) < 4.78 is 22.7. The molecular formula is C16H32N2O2S. The minimum Gasteiger partial charge on any atom is -0.315 e. The van der Waals surface area contributed by atoms with Gasteiger partial charge in [-0.25, -0.2) is 8.42 Å². The summed E-state index contributed by atoms with van der Waals surface area (Å²) in [7, 11) is -0.787. The van der Waals surface area contributed by atoms with Crippen LogP contribution in [0.1, 0.15) is 57.8 Å². The van der Waals surface area contributed by atoms with E-state index in [0.717, 1.165) is 12.8 Å². The molecule has 1 heterocycles. The van der Waals surface area contributed by atoms with Gasteiger partial charge in [-0.15, -0.1) is 0 Å². The van der Waals surface area contributed by atoms with Gasteiger partial charge < -0.3 is 5.32 Å². The highest BCUT2D eigenvalue weighted by atomic mass is 32.2. The summed E-state index contributed by atoms with van der Waals surface area (Å²) >= 11 is 0. The summed E-state index contributed by atoms with van der Waals surface area (Å²) in [6.07, 6.45) is 12.3. The van der Waals surface area contributed by atoms with Crippen LogP contribution < -0.4 is 5.32 Å². The molecule has 124 valence electrons. The van der Waals surface area contributed by atoms with E-state index in [1.165, 1.54) is 64.3 Å². The average Bonchev–Trinajstić information content (AvgIpc) is 2.94. The van der Waals surface area contributed by atoms with Crippen LogP contribution in [-0.2, 0) is 9.84 Å². The van der Waals surface area contributed by atoms with Gasteiger partial charge in [0.05, 0.1) is 0 Å². The predicted octanol–water partition coefficient (Wildman–Crippen LogP) is 2.20. The van der Waals surface area contributed by atoms with Crippen LogP contribution in [0.25, 0.3) is 0 Å². The Labute approximate surface area is 130 Å². The molecule has 1 saturated heterocycles. The lowest BCUT2D eigenvalue weighted by molar-refractivity contribution is 0.0361. The van der Waals surface area contributed by atoms with Crippen molar-refractivity contribution < 1.29 is 8.42 Å². The Bertz CT molecular complexity index is 410. The number of likely N-dealkylation sites (N-methyl/N-ethyl adjacent to an activating group) is 1. The monoisotopic (exact) mass is 316 g/mol. The number of hydrogen-bond acceptors (Lipinski definition) is 4. The summed E-state index contributed by atoms with van der Waals surface area (Å²) in [5, 5.41) is 3.53. The van der Waals surface area contributed by atoms with Crippen LogP contribution >= 0.6 is 0 Å². The molecule has 1 N–H and O–H groups in total. The van der Waals surface area contributed by atoms with Crippen molar-refractivity contribution in [1.82, 2.24) is 10.2 Å². The predicted molar refractivity (Wildman–Crippen MR) is 88.4 cm³/mol. The number of rotatable bonds is 7. The first-order chi connectivity index (χ1) is 9.98. The van der Waals surface area contributed by atoms with Gasteiger partial charge in [0.1, 0.15) is 9.84 Å². The third-order valence-corrected chi connectivity index (χ3v) is 6.49. The Morgan fingerprint density at radius 3 is 2.24 bits per heavy atom. The van der Waals surface area contributed by atoms with E-state index < -0.39 is 9.84 Å². The Morgan fingerprint density at radius 1 is 1.10 bits per heavy atom. The number of sulfone groups is 1. The Balaban J connectivity index is 2.03. The second-order valence-corrected chi connectivity index (χ2v) is 9.23. The van der Waals surface area contributed by atoms with Crippen LogP contribution in [0, 0.1) is 0 Å². The second-order valence-electron chi connectivity index (χ2n) is 6.97. The van der Waals surface area contributed by atoms with Crippen molar-refractivity contribution in [2.45, 2.75) is 69.4 Å². The van der Waals surface area contributed by atoms with E-state index >= 15 is 0 Å². The zero-order valence-electron chi connectivity index (χ0n) is 13.7. The van der Waals surface area contributed by atoms with Gasteiger partial charge in [0, 0.05) is 23.6 Å². The van der Waals surface area contributed by atoms with E-state index in [1.807, 2.05) is 0 Å². The highest BCUT2D eigenvalue weighted by Gasteiger charge is 2.45. The molecule has 1 aliphatic heterocycles. The summed E-state index contributed by atoms with van der Waals surface area (Å²) in [5.74, 6) is 0.321. The van der Waals surface area contributed by atoms with Crippen LogP contribution in [0.4, 0.5) is 0 Å². The molecule has 4 nitrogen and oxygen atoms in total. The van der Waals surface area contributed by atoms with Gasteiger partial charge in [-0.3, -0.25) is 4.90 Å². The van der Waals surface area contributed by atoms with Gasteiger partial charge in [-0.1, -0.05) is 19.3 Å². The Morgan fingerprint density at radius 2 is 1.71 bits per heavy atom. The van der Waals surface area contributed by atoms with Crippen LogP contribution in [0.3, 0.4) is 0 Å². The van der Waals surface area contributed by atoms with Crippen molar-refractivity contribution >= 4 is 9.84 Å². The summed E-state index contributed by atoms with van der Waals surface area (Å²) in [6, 6.07) is 0.430.